The van der Waals surface area contributed by atoms with Crippen LogP contribution in [0.4, 0.5) is 5.69 Å². The van der Waals surface area contributed by atoms with Gasteiger partial charge in [-0.3, -0.25) is 4.79 Å². The van der Waals surface area contributed by atoms with E-state index in [4.69, 9.17) is 14.6 Å². The number of para-hydroxylation sites is 1. The van der Waals surface area contributed by atoms with Crippen LogP contribution in [0.5, 0.6) is 0 Å². The predicted octanol–water partition coefficient (Wildman–Crippen LogP) is 3.32. The molecule has 0 fully saturated rings. The van der Waals surface area contributed by atoms with E-state index in [-0.39, 0.29) is 18.4 Å². The van der Waals surface area contributed by atoms with Crippen molar-refractivity contribution >= 4 is 11.6 Å². The molecule has 5 nitrogen and oxygen atoms in total. The number of aliphatic hydroxyl groups excluding tert-OH is 1. The average molecular weight is 333 g/mol. The standard InChI is InChI=1S/C19H27NO4/c1-14(2)15-12-17(19(22)20-16-8-4-3-5-9-16)24-18(13-15)23-11-7-6-10-21/h3-5,8-9,12,14-15,18,21H,6-7,10-11,13H2,1-2H3,(H,20,22)/t15-,18+/m1/s1. The summed E-state index contributed by atoms with van der Waals surface area (Å²) in [5.41, 5.74) is 0.735. The maximum atomic E-state index is 12.5. The van der Waals surface area contributed by atoms with Gasteiger partial charge in [-0.1, -0.05) is 32.0 Å². The van der Waals surface area contributed by atoms with Gasteiger partial charge >= 0.3 is 0 Å². The lowest BCUT2D eigenvalue weighted by Gasteiger charge is -2.30. The molecule has 0 bridgehead atoms. The number of unbranched alkanes of at least 4 members (excludes halogenated alkanes) is 1. The zero-order chi connectivity index (χ0) is 17.4. The molecule has 2 N–H and O–H groups in total. The minimum absolute atomic E-state index is 0.161. The second-order valence-corrected chi connectivity index (χ2v) is 6.34. The highest BCUT2D eigenvalue weighted by Gasteiger charge is 2.29. The summed E-state index contributed by atoms with van der Waals surface area (Å²) in [5.74, 6) is 0.696. The third-order valence-corrected chi connectivity index (χ3v) is 4.06. The van der Waals surface area contributed by atoms with Gasteiger partial charge in [0.2, 0.25) is 6.29 Å². The van der Waals surface area contributed by atoms with Gasteiger partial charge in [0.1, 0.15) is 0 Å². The summed E-state index contributed by atoms with van der Waals surface area (Å²) in [7, 11) is 0. The van der Waals surface area contributed by atoms with E-state index in [1.807, 2.05) is 36.4 Å². The number of nitrogens with one attached hydrogen (secondary N) is 1. The van der Waals surface area contributed by atoms with Gasteiger partial charge in [-0.05, 0) is 42.9 Å². The van der Waals surface area contributed by atoms with Crippen molar-refractivity contribution in [3.63, 3.8) is 0 Å². The first-order valence-corrected chi connectivity index (χ1v) is 8.57. The van der Waals surface area contributed by atoms with Crippen LogP contribution in [-0.4, -0.2) is 30.5 Å². The fourth-order valence-electron chi connectivity index (χ4n) is 2.55. The Morgan fingerprint density at radius 1 is 1.33 bits per heavy atom. The molecule has 2 rings (SSSR count). The summed E-state index contributed by atoms with van der Waals surface area (Å²) in [6.45, 7) is 4.93. The summed E-state index contributed by atoms with van der Waals surface area (Å²) in [6.07, 6.45) is 3.70. The van der Waals surface area contributed by atoms with Crippen LogP contribution in [0, 0.1) is 11.8 Å². The number of amides is 1. The quantitative estimate of drug-likeness (QED) is 0.716. The maximum absolute atomic E-state index is 12.5. The first-order valence-electron chi connectivity index (χ1n) is 8.57. The van der Waals surface area contributed by atoms with Crippen molar-refractivity contribution in [1.82, 2.24) is 0 Å². The SMILES string of the molecule is CC(C)[C@@H]1C=C(C(=O)Nc2ccccc2)O[C@H](OCCCCO)C1. The number of hydrogen-bond donors (Lipinski definition) is 2. The van der Waals surface area contributed by atoms with E-state index in [0.29, 0.717) is 24.7 Å². The summed E-state index contributed by atoms with van der Waals surface area (Å²) in [6, 6.07) is 9.32. The Morgan fingerprint density at radius 3 is 2.75 bits per heavy atom. The molecule has 1 heterocycles. The molecule has 0 aromatic heterocycles. The Hall–Kier alpha value is -1.85. The van der Waals surface area contributed by atoms with Gasteiger partial charge in [0.25, 0.3) is 5.91 Å². The van der Waals surface area contributed by atoms with Crippen LogP contribution in [0.1, 0.15) is 33.1 Å². The van der Waals surface area contributed by atoms with Gasteiger partial charge in [-0.2, -0.15) is 0 Å². The summed E-state index contributed by atoms with van der Waals surface area (Å²) in [4.78, 5) is 12.5. The highest BCUT2D eigenvalue weighted by atomic mass is 16.7. The Bertz CT molecular complexity index is 542. The van der Waals surface area contributed by atoms with Crippen molar-refractivity contribution in [3.05, 3.63) is 42.2 Å². The minimum Gasteiger partial charge on any atom is -0.459 e. The van der Waals surface area contributed by atoms with Crippen LogP contribution in [0.3, 0.4) is 0 Å². The van der Waals surface area contributed by atoms with Gasteiger partial charge in [0, 0.05) is 18.7 Å². The van der Waals surface area contributed by atoms with E-state index in [0.717, 1.165) is 18.5 Å². The normalized spacial score (nSPS) is 20.4. The second-order valence-electron chi connectivity index (χ2n) is 6.34. The molecule has 0 aliphatic carbocycles. The molecule has 1 amide bonds. The molecule has 24 heavy (non-hydrogen) atoms. The Kier molecular flexibility index (Phi) is 7.28. The molecule has 0 radical (unpaired) electrons. The molecule has 1 aliphatic heterocycles. The van der Waals surface area contributed by atoms with Crippen LogP contribution in [0.25, 0.3) is 0 Å². The fraction of sp³-hybridized carbons (Fsp3) is 0.526. The van der Waals surface area contributed by atoms with Gasteiger partial charge in [0.05, 0.1) is 6.61 Å². The fourth-order valence-corrected chi connectivity index (χ4v) is 2.55. The second kappa shape index (κ2) is 9.45. The molecule has 1 aromatic rings. The monoisotopic (exact) mass is 333 g/mol. The zero-order valence-corrected chi connectivity index (χ0v) is 14.4. The molecular formula is C19H27NO4. The molecule has 0 saturated heterocycles. The van der Waals surface area contributed by atoms with E-state index in [9.17, 15) is 4.79 Å². The van der Waals surface area contributed by atoms with Crippen molar-refractivity contribution in [2.75, 3.05) is 18.5 Å². The van der Waals surface area contributed by atoms with E-state index in [2.05, 4.69) is 19.2 Å². The average Bonchev–Trinajstić information content (AvgIpc) is 2.59. The molecule has 5 heteroatoms. The Labute approximate surface area is 143 Å². The van der Waals surface area contributed by atoms with E-state index in [1.165, 1.54) is 0 Å². The lowest BCUT2D eigenvalue weighted by Crippen LogP contribution is -2.31. The van der Waals surface area contributed by atoms with Gasteiger partial charge in [0.15, 0.2) is 5.76 Å². The summed E-state index contributed by atoms with van der Waals surface area (Å²) in [5, 5.41) is 11.7. The van der Waals surface area contributed by atoms with E-state index in [1.54, 1.807) is 0 Å². The predicted molar refractivity (Wildman–Crippen MR) is 93.2 cm³/mol. The van der Waals surface area contributed by atoms with Crippen molar-refractivity contribution < 1.29 is 19.4 Å². The summed E-state index contributed by atoms with van der Waals surface area (Å²) < 4.78 is 11.5. The topological polar surface area (TPSA) is 67.8 Å². The first kappa shape index (κ1) is 18.5. The molecule has 1 aromatic carbocycles. The molecule has 0 spiro atoms. The van der Waals surface area contributed by atoms with Crippen molar-refractivity contribution in [2.24, 2.45) is 11.8 Å². The summed E-state index contributed by atoms with van der Waals surface area (Å²) >= 11 is 0. The van der Waals surface area contributed by atoms with Crippen LogP contribution in [-0.2, 0) is 14.3 Å². The van der Waals surface area contributed by atoms with Crippen LogP contribution >= 0.6 is 0 Å². The van der Waals surface area contributed by atoms with Crippen molar-refractivity contribution in [1.29, 1.82) is 0 Å². The largest absolute Gasteiger partial charge is 0.459 e. The lowest BCUT2D eigenvalue weighted by molar-refractivity contribution is -0.148. The number of anilines is 1. The lowest BCUT2D eigenvalue weighted by atomic mass is 9.90. The molecule has 1 aliphatic rings. The van der Waals surface area contributed by atoms with Gasteiger partial charge in [-0.15, -0.1) is 0 Å². The molecule has 132 valence electrons. The highest BCUT2D eigenvalue weighted by Crippen LogP contribution is 2.29. The van der Waals surface area contributed by atoms with Gasteiger partial charge in [-0.25, -0.2) is 0 Å². The Morgan fingerprint density at radius 2 is 2.08 bits per heavy atom. The van der Waals surface area contributed by atoms with Crippen LogP contribution < -0.4 is 5.32 Å². The Balaban J connectivity index is 1.98. The first-order chi connectivity index (χ1) is 11.6. The van der Waals surface area contributed by atoms with Crippen LogP contribution in [0.15, 0.2) is 42.2 Å². The molecular weight excluding hydrogens is 306 g/mol. The number of carbonyl (C=O) groups is 1. The number of benzene rings is 1. The van der Waals surface area contributed by atoms with E-state index < -0.39 is 6.29 Å². The smallest absolute Gasteiger partial charge is 0.290 e. The number of hydrogen-bond acceptors (Lipinski definition) is 4. The van der Waals surface area contributed by atoms with Crippen LogP contribution in [0.2, 0.25) is 0 Å². The number of rotatable bonds is 8. The molecule has 0 unspecified atom stereocenters. The number of ether oxygens (including phenoxy) is 2. The third kappa shape index (κ3) is 5.65. The number of aliphatic hydroxyl groups is 1. The van der Waals surface area contributed by atoms with Crippen molar-refractivity contribution in [2.45, 2.75) is 39.4 Å². The molecule has 0 saturated carbocycles. The number of allylic oxidation sites excluding steroid dienone is 1. The number of carbonyl (C=O) groups excluding carboxylic acids is 1. The van der Waals surface area contributed by atoms with Gasteiger partial charge < -0.3 is 19.9 Å². The zero-order valence-electron chi connectivity index (χ0n) is 14.4. The maximum Gasteiger partial charge on any atom is 0.290 e. The molecule has 2 atom stereocenters. The minimum atomic E-state index is -0.419. The van der Waals surface area contributed by atoms with Crippen molar-refractivity contribution in [3.8, 4) is 0 Å². The highest BCUT2D eigenvalue weighted by molar-refractivity contribution is 6.02. The van der Waals surface area contributed by atoms with E-state index >= 15 is 0 Å². The third-order valence-electron chi connectivity index (χ3n) is 4.06.